The largest absolute Gasteiger partial charge is 0.390 e. The fourth-order valence-electron chi connectivity index (χ4n) is 2.70. The van der Waals surface area contributed by atoms with E-state index in [9.17, 15) is 17.9 Å². The van der Waals surface area contributed by atoms with Gasteiger partial charge in [-0.2, -0.15) is 0 Å². The van der Waals surface area contributed by atoms with Crippen molar-refractivity contribution >= 4 is 10.0 Å². The van der Waals surface area contributed by atoms with Gasteiger partial charge < -0.3 is 10.0 Å². The standard InChI is InChI=1S/C16H25FN2O3S/c1-13-6-8-19(9-7-13)11-15(20)10-18-23(21,22)12-14-4-2-3-5-16(14)17/h2-5,13,15,18,20H,6-12H2,1H3. The van der Waals surface area contributed by atoms with Crippen LogP contribution in [0.1, 0.15) is 25.3 Å². The summed E-state index contributed by atoms with van der Waals surface area (Å²) < 4.78 is 39.9. The number of benzene rings is 1. The number of β-amino-alcohol motifs (C(OH)–C–C–N with tert-alkyl or cyclic N) is 1. The molecule has 0 saturated carbocycles. The van der Waals surface area contributed by atoms with Crippen LogP contribution in [-0.2, 0) is 15.8 Å². The minimum atomic E-state index is -3.67. The summed E-state index contributed by atoms with van der Waals surface area (Å²) in [4.78, 5) is 2.15. The predicted molar refractivity (Wildman–Crippen MR) is 87.9 cm³/mol. The molecular formula is C16H25FN2O3S. The van der Waals surface area contributed by atoms with Crippen molar-refractivity contribution in [2.75, 3.05) is 26.2 Å². The third-order valence-electron chi connectivity index (χ3n) is 4.19. The second-order valence-electron chi connectivity index (χ2n) is 6.34. The third kappa shape index (κ3) is 6.18. The molecule has 1 aromatic carbocycles. The van der Waals surface area contributed by atoms with Crippen LogP contribution in [0.15, 0.2) is 24.3 Å². The van der Waals surface area contributed by atoms with Crippen molar-refractivity contribution in [3.8, 4) is 0 Å². The molecule has 0 amide bonds. The first-order valence-electron chi connectivity index (χ1n) is 7.97. The van der Waals surface area contributed by atoms with E-state index in [1.165, 1.54) is 18.2 Å². The lowest BCUT2D eigenvalue weighted by atomic mass is 9.99. The van der Waals surface area contributed by atoms with E-state index in [0.29, 0.717) is 12.5 Å². The van der Waals surface area contributed by atoms with Gasteiger partial charge in [0, 0.05) is 18.7 Å². The molecule has 5 nitrogen and oxygen atoms in total. The zero-order valence-corrected chi connectivity index (χ0v) is 14.2. The summed E-state index contributed by atoms with van der Waals surface area (Å²) in [5, 5.41) is 10.0. The van der Waals surface area contributed by atoms with E-state index in [-0.39, 0.29) is 12.1 Å². The van der Waals surface area contributed by atoms with Gasteiger partial charge in [-0.05, 0) is 37.9 Å². The number of hydrogen-bond acceptors (Lipinski definition) is 4. The number of halogens is 1. The van der Waals surface area contributed by atoms with Gasteiger partial charge in [0.25, 0.3) is 0 Å². The number of aliphatic hydroxyl groups is 1. The number of sulfonamides is 1. The zero-order valence-electron chi connectivity index (χ0n) is 13.4. The number of hydrogen-bond donors (Lipinski definition) is 2. The van der Waals surface area contributed by atoms with Crippen LogP contribution < -0.4 is 4.72 Å². The maximum atomic E-state index is 13.5. The molecule has 1 fully saturated rings. The topological polar surface area (TPSA) is 69.6 Å². The number of nitrogens with one attached hydrogen (secondary N) is 1. The van der Waals surface area contributed by atoms with Crippen LogP contribution in [0.5, 0.6) is 0 Å². The molecule has 1 aromatic rings. The van der Waals surface area contributed by atoms with E-state index in [1.807, 2.05) is 0 Å². The van der Waals surface area contributed by atoms with E-state index in [1.54, 1.807) is 6.07 Å². The molecule has 0 spiro atoms. The van der Waals surface area contributed by atoms with Crippen molar-refractivity contribution in [1.29, 1.82) is 0 Å². The molecule has 1 heterocycles. The normalized spacial score (nSPS) is 18.9. The van der Waals surface area contributed by atoms with Crippen LogP contribution in [0.25, 0.3) is 0 Å². The lowest BCUT2D eigenvalue weighted by Crippen LogP contribution is -2.43. The highest BCUT2D eigenvalue weighted by molar-refractivity contribution is 7.88. The highest BCUT2D eigenvalue weighted by atomic mass is 32.2. The molecule has 23 heavy (non-hydrogen) atoms. The molecule has 1 atom stereocenters. The van der Waals surface area contributed by atoms with Gasteiger partial charge in [0.2, 0.25) is 10.0 Å². The molecule has 0 bridgehead atoms. The average Bonchev–Trinajstić information content (AvgIpc) is 2.50. The summed E-state index contributed by atoms with van der Waals surface area (Å²) in [5.74, 6) is -0.253. The van der Waals surface area contributed by atoms with Crippen molar-refractivity contribution < 1.29 is 17.9 Å². The van der Waals surface area contributed by atoms with Gasteiger partial charge in [0.15, 0.2) is 0 Å². The minimum Gasteiger partial charge on any atom is -0.390 e. The van der Waals surface area contributed by atoms with Crippen molar-refractivity contribution in [2.24, 2.45) is 5.92 Å². The first kappa shape index (κ1) is 18.3. The lowest BCUT2D eigenvalue weighted by Gasteiger charge is -2.31. The van der Waals surface area contributed by atoms with E-state index in [0.717, 1.165) is 25.9 Å². The summed E-state index contributed by atoms with van der Waals surface area (Å²) >= 11 is 0. The van der Waals surface area contributed by atoms with Crippen molar-refractivity contribution in [3.63, 3.8) is 0 Å². The molecule has 2 rings (SSSR count). The van der Waals surface area contributed by atoms with E-state index in [4.69, 9.17) is 0 Å². The summed E-state index contributed by atoms with van der Waals surface area (Å²) in [7, 11) is -3.67. The number of piperidine rings is 1. The molecular weight excluding hydrogens is 319 g/mol. The fourth-order valence-corrected chi connectivity index (χ4v) is 3.89. The second kappa shape index (κ2) is 8.19. The Labute approximate surface area is 137 Å². The second-order valence-corrected chi connectivity index (χ2v) is 8.14. The van der Waals surface area contributed by atoms with E-state index < -0.39 is 27.7 Å². The molecule has 0 aliphatic carbocycles. The van der Waals surface area contributed by atoms with Gasteiger partial charge >= 0.3 is 0 Å². The van der Waals surface area contributed by atoms with E-state index in [2.05, 4.69) is 16.5 Å². The molecule has 2 N–H and O–H groups in total. The van der Waals surface area contributed by atoms with Crippen LogP contribution >= 0.6 is 0 Å². The summed E-state index contributed by atoms with van der Waals surface area (Å²) in [5.41, 5.74) is 0.125. The Hall–Kier alpha value is -1.02. The van der Waals surface area contributed by atoms with Crippen LogP contribution in [0.3, 0.4) is 0 Å². The van der Waals surface area contributed by atoms with Gasteiger partial charge in [-0.25, -0.2) is 17.5 Å². The Balaban J connectivity index is 1.78. The summed E-state index contributed by atoms with van der Waals surface area (Å²) in [6.07, 6.45) is 1.44. The minimum absolute atomic E-state index is 0.0527. The smallest absolute Gasteiger partial charge is 0.215 e. The van der Waals surface area contributed by atoms with Crippen molar-refractivity contribution in [3.05, 3.63) is 35.6 Å². The number of aliphatic hydroxyl groups excluding tert-OH is 1. The highest BCUT2D eigenvalue weighted by Crippen LogP contribution is 2.16. The Morgan fingerprint density at radius 2 is 2.00 bits per heavy atom. The van der Waals surface area contributed by atoms with Gasteiger partial charge in [-0.1, -0.05) is 25.1 Å². The van der Waals surface area contributed by atoms with Crippen LogP contribution in [-0.4, -0.2) is 50.7 Å². The molecule has 7 heteroatoms. The maximum absolute atomic E-state index is 13.5. The van der Waals surface area contributed by atoms with Crippen LogP contribution in [0, 0.1) is 11.7 Å². The quantitative estimate of drug-likeness (QED) is 0.783. The summed E-state index contributed by atoms with van der Waals surface area (Å²) in [6, 6.07) is 5.79. The molecule has 0 aromatic heterocycles. The molecule has 1 aliphatic heterocycles. The van der Waals surface area contributed by atoms with E-state index >= 15 is 0 Å². The molecule has 1 saturated heterocycles. The monoisotopic (exact) mass is 344 g/mol. The number of rotatable bonds is 7. The maximum Gasteiger partial charge on any atom is 0.215 e. The van der Waals surface area contributed by atoms with Crippen LogP contribution in [0.4, 0.5) is 4.39 Å². The first-order valence-corrected chi connectivity index (χ1v) is 9.62. The summed E-state index contributed by atoms with van der Waals surface area (Å²) in [6.45, 7) is 4.47. The third-order valence-corrected chi connectivity index (χ3v) is 5.48. The highest BCUT2D eigenvalue weighted by Gasteiger charge is 2.20. The Kier molecular flexibility index (Phi) is 6.52. The lowest BCUT2D eigenvalue weighted by molar-refractivity contribution is 0.0942. The Bertz CT molecular complexity index is 601. The molecule has 0 radical (unpaired) electrons. The van der Waals surface area contributed by atoms with Crippen molar-refractivity contribution in [2.45, 2.75) is 31.6 Å². The fraction of sp³-hybridized carbons (Fsp3) is 0.625. The first-order chi connectivity index (χ1) is 10.9. The molecule has 1 unspecified atom stereocenters. The number of nitrogens with zero attached hydrogens (tertiary/aromatic N) is 1. The zero-order chi connectivity index (χ0) is 16.9. The predicted octanol–water partition coefficient (Wildman–Crippen LogP) is 1.34. The van der Waals surface area contributed by atoms with Crippen molar-refractivity contribution in [1.82, 2.24) is 9.62 Å². The molecule has 130 valence electrons. The van der Waals surface area contributed by atoms with Gasteiger partial charge in [0.05, 0.1) is 11.9 Å². The number of likely N-dealkylation sites (tertiary alicyclic amines) is 1. The molecule has 1 aliphatic rings. The van der Waals surface area contributed by atoms with Crippen LogP contribution in [0.2, 0.25) is 0 Å². The Morgan fingerprint density at radius 3 is 2.65 bits per heavy atom. The van der Waals surface area contributed by atoms with Gasteiger partial charge in [-0.3, -0.25) is 0 Å². The van der Waals surface area contributed by atoms with Gasteiger partial charge in [0.1, 0.15) is 5.82 Å². The van der Waals surface area contributed by atoms with Gasteiger partial charge in [-0.15, -0.1) is 0 Å². The average molecular weight is 344 g/mol. The Morgan fingerprint density at radius 1 is 1.35 bits per heavy atom. The SMILES string of the molecule is CC1CCN(CC(O)CNS(=O)(=O)Cc2ccccc2F)CC1.